The molecular weight excluding hydrogens is 360 g/mol. The number of aryl methyl sites for hydroxylation is 1. The Bertz CT molecular complexity index is 1160. The average molecular weight is 377 g/mol. The summed E-state index contributed by atoms with van der Waals surface area (Å²) in [6, 6.07) is 16.2. The molecule has 6 heteroatoms. The van der Waals surface area contributed by atoms with Crippen LogP contribution in [0.3, 0.4) is 0 Å². The Hall–Kier alpha value is -3.54. The molecule has 0 radical (unpaired) electrons. The summed E-state index contributed by atoms with van der Waals surface area (Å²) in [6.07, 6.45) is 0. The number of fused-ring (bicyclic) bond motifs is 1. The molecule has 3 aromatic carbocycles. The maximum atomic E-state index is 14.0. The molecule has 4 rings (SSSR count). The molecule has 0 atom stereocenters. The molecule has 0 aliphatic rings. The molecule has 4 aromatic rings. The first kappa shape index (κ1) is 17.9. The van der Waals surface area contributed by atoms with Gasteiger partial charge in [-0.2, -0.15) is 0 Å². The number of rotatable bonds is 4. The predicted molar refractivity (Wildman–Crippen MR) is 105 cm³/mol. The van der Waals surface area contributed by atoms with Crippen LogP contribution in [0.25, 0.3) is 22.3 Å². The lowest BCUT2D eigenvalue weighted by Crippen LogP contribution is -2.07. The van der Waals surface area contributed by atoms with Crippen LogP contribution in [0.5, 0.6) is 5.75 Å². The van der Waals surface area contributed by atoms with E-state index in [1.807, 2.05) is 25.1 Å². The third-order valence-corrected chi connectivity index (χ3v) is 4.49. The molecule has 0 unspecified atom stereocenters. The van der Waals surface area contributed by atoms with E-state index in [0.717, 1.165) is 10.9 Å². The lowest BCUT2D eigenvalue weighted by molar-refractivity contribution is 0.477. The molecule has 0 aliphatic carbocycles. The highest BCUT2D eigenvalue weighted by Crippen LogP contribution is 2.30. The van der Waals surface area contributed by atoms with Gasteiger partial charge < -0.3 is 10.4 Å². The van der Waals surface area contributed by atoms with E-state index in [2.05, 4.69) is 15.3 Å². The van der Waals surface area contributed by atoms with Gasteiger partial charge in [-0.15, -0.1) is 0 Å². The van der Waals surface area contributed by atoms with Crippen molar-refractivity contribution >= 4 is 16.7 Å². The largest absolute Gasteiger partial charge is 0.507 e. The van der Waals surface area contributed by atoms with Crippen LogP contribution in [0, 0.1) is 18.6 Å². The maximum absolute atomic E-state index is 14.0. The van der Waals surface area contributed by atoms with Gasteiger partial charge in [-0.25, -0.2) is 18.7 Å². The molecule has 1 heterocycles. The molecule has 0 spiro atoms. The summed E-state index contributed by atoms with van der Waals surface area (Å²) >= 11 is 0. The zero-order valence-electron chi connectivity index (χ0n) is 15.1. The highest BCUT2D eigenvalue weighted by atomic mass is 19.1. The molecule has 28 heavy (non-hydrogen) atoms. The standard InChI is InChI=1S/C22H17F2N3O/c1-13-9-10-14-19(11-13)26-22(15-5-2-3-8-20(15)28)27-21(14)25-12-16-17(23)6-4-7-18(16)24/h2-11,28H,12H2,1H3,(H,25,26,27). The van der Waals surface area contributed by atoms with E-state index in [1.54, 1.807) is 24.3 Å². The fourth-order valence-electron chi connectivity index (χ4n) is 3.03. The van der Waals surface area contributed by atoms with Crippen molar-refractivity contribution < 1.29 is 13.9 Å². The number of anilines is 1. The minimum Gasteiger partial charge on any atom is -0.507 e. The topological polar surface area (TPSA) is 58.0 Å². The van der Waals surface area contributed by atoms with Crippen LogP contribution in [-0.4, -0.2) is 15.1 Å². The molecule has 0 saturated carbocycles. The quantitative estimate of drug-likeness (QED) is 0.513. The molecular formula is C22H17F2N3O. The number of halogens is 2. The number of phenols is 1. The summed E-state index contributed by atoms with van der Waals surface area (Å²) in [5.41, 5.74) is 2.10. The van der Waals surface area contributed by atoms with Gasteiger partial charge in [0, 0.05) is 17.5 Å². The number of benzene rings is 3. The molecule has 4 nitrogen and oxygen atoms in total. The van der Waals surface area contributed by atoms with Gasteiger partial charge in [0.15, 0.2) is 5.82 Å². The minimum atomic E-state index is -0.623. The average Bonchev–Trinajstić information content (AvgIpc) is 2.67. The number of nitrogens with one attached hydrogen (secondary N) is 1. The van der Waals surface area contributed by atoms with Gasteiger partial charge in [0.05, 0.1) is 11.1 Å². The monoisotopic (exact) mass is 377 g/mol. The first-order valence-corrected chi connectivity index (χ1v) is 8.76. The van der Waals surface area contributed by atoms with Crippen molar-refractivity contribution in [2.45, 2.75) is 13.5 Å². The number of hydrogen-bond donors (Lipinski definition) is 2. The van der Waals surface area contributed by atoms with E-state index < -0.39 is 11.6 Å². The molecule has 0 saturated heterocycles. The Morgan fingerprint density at radius 2 is 1.68 bits per heavy atom. The number of phenolic OH excluding ortho intramolecular Hbond substituents is 1. The van der Waals surface area contributed by atoms with Crippen LogP contribution in [0.1, 0.15) is 11.1 Å². The van der Waals surface area contributed by atoms with E-state index in [-0.39, 0.29) is 17.9 Å². The molecule has 140 valence electrons. The van der Waals surface area contributed by atoms with Crippen LogP contribution in [0.15, 0.2) is 60.7 Å². The van der Waals surface area contributed by atoms with Crippen molar-refractivity contribution in [3.63, 3.8) is 0 Å². The Kier molecular flexibility index (Phi) is 4.61. The van der Waals surface area contributed by atoms with Gasteiger partial charge >= 0.3 is 0 Å². The van der Waals surface area contributed by atoms with Crippen molar-refractivity contribution in [3.8, 4) is 17.1 Å². The van der Waals surface area contributed by atoms with Gasteiger partial charge in [0.25, 0.3) is 0 Å². The second-order valence-corrected chi connectivity index (χ2v) is 6.49. The summed E-state index contributed by atoms with van der Waals surface area (Å²) < 4.78 is 27.9. The Morgan fingerprint density at radius 1 is 0.929 bits per heavy atom. The predicted octanol–water partition coefficient (Wildman–Crippen LogP) is 5.20. The highest BCUT2D eigenvalue weighted by molar-refractivity contribution is 5.91. The van der Waals surface area contributed by atoms with Crippen LogP contribution in [0.4, 0.5) is 14.6 Å². The molecule has 0 bridgehead atoms. The zero-order chi connectivity index (χ0) is 19.7. The van der Waals surface area contributed by atoms with Crippen molar-refractivity contribution in [2.24, 2.45) is 0 Å². The van der Waals surface area contributed by atoms with Gasteiger partial charge in [0.1, 0.15) is 23.2 Å². The summed E-state index contributed by atoms with van der Waals surface area (Å²) in [6.45, 7) is 1.88. The second-order valence-electron chi connectivity index (χ2n) is 6.49. The lowest BCUT2D eigenvalue weighted by Gasteiger charge is -2.13. The van der Waals surface area contributed by atoms with Crippen molar-refractivity contribution in [1.82, 2.24) is 9.97 Å². The van der Waals surface area contributed by atoms with E-state index in [9.17, 15) is 13.9 Å². The summed E-state index contributed by atoms with van der Waals surface area (Å²) in [4.78, 5) is 9.07. The number of nitrogens with zero attached hydrogens (tertiary/aromatic N) is 2. The number of aromatic nitrogens is 2. The van der Waals surface area contributed by atoms with E-state index in [0.29, 0.717) is 22.7 Å². The van der Waals surface area contributed by atoms with Gasteiger partial charge in [0.2, 0.25) is 0 Å². The van der Waals surface area contributed by atoms with Gasteiger partial charge in [-0.05, 0) is 48.9 Å². The number of para-hydroxylation sites is 1. The molecule has 0 aliphatic heterocycles. The van der Waals surface area contributed by atoms with Crippen LogP contribution in [0.2, 0.25) is 0 Å². The third kappa shape index (κ3) is 3.36. The second kappa shape index (κ2) is 7.23. The molecule has 0 amide bonds. The van der Waals surface area contributed by atoms with E-state index in [4.69, 9.17) is 0 Å². The first-order chi connectivity index (χ1) is 13.5. The van der Waals surface area contributed by atoms with E-state index in [1.165, 1.54) is 18.2 Å². The van der Waals surface area contributed by atoms with Crippen molar-refractivity contribution in [1.29, 1.82) is 0 Å². The lowest BCUT2D eigenvalue weighted by atomic mass is 10.1. The smallest absolute Gasteiger partial charge is 0.165 e. The molecule has 2 N–H and O–H groups in total. The maximum Gasteiger partial charge on any atom is 0.165 e. The summed E-state index contributed by atoms with van der Waals surface area (Å²) in [7, 11) is 0. The van der Waals surface area contributed by atoms with Crippen molar-refractivity contribution in [2.75, 3.05) is 5.32 Å². The normalized spacial score (nSPS) is 11.0. The Labute approximate surface area is 160 Å². The van der Waals surface area contributed by atoms with Crippen LogP contribution >= 0.6 is 0 Å². The third-order valence-electron chi connectivity index (χ3n) is 4.49. The summed E-state index contributed by atoms with van der Waals surface area (Å²) in [5, 5.41) is 13.9. The summed E-state index contributed by atoms with van der Waals surface area (Å²) in [5.74, 6) is -0.426. The Balaban J connectivity index is 1.81. The minimum absolute atomic E-state index is 0.0561. The van der Waals surface area contributed by atoms with Gasteiger partial charge in [-0.1, -0.05) is 24.3 Å². The Morgan fingerprint density at radius 3 is 2.43 bits per heavy atom. The first-order valence-electron chi connectivity index (χ1n) is 8.76. The van der Waals surface area contributed by atoms with Crippen LogP contribution in [-0.2, 0) is 6.54 Å². The fourth-order valence-corrected chi connectivity index (χ4v) is 3.03. The SMILES string of the molecule is Cc1ccc2c(NCc3c(F)cccc3F)nc(-c3ccccc3O)nc2c1. The zero-order valence-corrected chi connectivity index (χ0v) is 15.1. The highest BCUT2D eigenvalue weighted by Gasteiger charge is 2.14. The number of aromatic hydroxyl groups is 1. The fraction of sp³-hybridized carbons (Fsp3) is 0.0909. The molecule has 0 fully saturated rings. The molecule has 1 aromatic heterocycles. The van der Waals surface area contributed by atoms with E-state index >= 15 is 0 Å². The van der Waals surface area contributed by atoms with Gasteiger partial charge in [-0.3, -0.25) is 0 Å². The van der Waals surface area contributed by atoms with Crippen LogP contribution < -0.4 is 5.32 Å². The number of hydrogen-bond acceptors (Lipinski definition) is 4. The van der Waals surface area contributed by atoms with Crippen molar-refractivity contribution in [3.05, 3.63) is 83.4 Å².